The Bertz CT molecular complexity index is 817. The fourth-order valence-electron chi connectivity index (χ4n) is 3.29. The summed E-state index contributed by atoms with van der Waals surface area (Å²) in [6.07, 6.45) is 6.00. The van der Waals surface area contributed by atoms with Gasteiger partial charge in [-0.3, -0.25) is 4.40 Å². The molecule has 3 heterocycles. The minimum atomic E-state index is 0.488. The summed E-state index contributed by atoms with van der Waals surface area (Å²) in [6, 6.07) is 10.8. The van der Waals surface area contributed by atoms with Crippen LogP contribution in [0.4, 0.5) is 0 Å². The molecule has 4 rings (SSSR count). The maximum absolute atomic E-state index is 5.94. The summed E-state index contributed by atoms with van der Waals surface area (Å²) in [4.78, 5) is 11.2. The van der Waals surface area contributed by atoms with Crippen molar-refractivity contribution < 1.29 is 0 Å². The average molecular weight is 327 g/mol. The lowest BCUT2D eigenvalue weighted by Gasteiger charge is -2.29. The minimum absolute atomic E-state index is 0.488. The Morgan fingerprint density at radius 3 is 2.61 bits per heavy atom. The molecule has 0 saturated carbocycles. The van der Waals surface area contributed by atoms with Gasteiger partial charge in [-0.2, -0.15) is 0 Å². The van der Waals surface area contributed by atoms with Crippen molar-refractivity contribution in [3.05, 3.63) is 53.6 Å². The maximum Gasteiger partial charge on any atom is 0.148 e. The highest BCUT2D eigenvalue weighted by Gasteiger charge is 2.18. The van der Waals surface area contributed by atoms with E-state index < -0.39 is 0 Å². The van der Waals surface area contributed by atoms with Crippen LogP contribution in [-0.2, 0) is 0 Å². The van der Waals surface area contributed by atoms with E-state index >= 15 is 0 Å². The third-order valence-corrected chi connectivity index (χ3v) is 4.90. The molecule has 1 aliphatic heterocycles. The number of hydrogen-bond donors (Lipinski definition) is 0. The monoisotopic (exact) mass is 326 g/mol. The van der Waals surface area contributed by atoms with Crippen LogP contribution in [0.1, 0.15) is 24.3 Å². The molecule has 1 aromatic carbocycles. The normalized spacial score (nSPS) is 17.0. The topological polar surface area (TPSA) is 33.4 Å². The number of imidazole rings is 1. The number of rotatable bonds is 2. The smallest absolute Gasteiger partial charge is 0.148 e. The van der Waals surface area contributed by atoms with Crippen LogP contribution in [0.15, 0.2) is 42.9 Å². The van der Waals surface area contributed by atoms with Gasteiger partial charge in [-0.05, 0) is 44.5 Å². The summed E-state index contributed by atoms with van der Waals surface area (Å²) in [5.41, 5.74) is 4.30. The van der Waals surface area contributed by atoms with Gasteiger partial charge in [0.1, 0.15) is 17.1 Å². The first-order valence-corrected chi connectivity index (χ1v) is 8.36. The van der Waals surface area contributed by atoms with Gasteiger partial charge in [-0.25, -0.2) is 9.97 Å². The molecule has 0 atom stereocenters. The van der Waals surface area contributed by atoms with Gasteiger partial charge < -0.3 is 4.90 Å². The second kappa shape index (κ2) is 5.95. The van der Waals surface area contributed by atoms with Crippen LogP contribution in [0.5, 0.6) is 0 Å². The predicted molar refractivity (Wildman–Crippen MR) is 92.9 cm³/mol. The van der Waals surface area contributed by atoms with E-state index in [0.717, 1.165) is 16.9 Å². The van der Waals surface area contributed by atoms with E-state index in [9.17, 15) is 0 Å². The van der Waals surface area contributed by atoms with Gasteiger partial charge in [0.25, 0.3) is 0 Å². The van der Waals surface area contributed by atoms with Crippen molar-refractivity contribution in [2.45, 2.75) is 18.8 Å². The molecule has 23 heavy (non-hydrogen) atoms. The summed E-state index contributed by atoms with van der Waals surface area (Å²) in [5, 5.41) is 0.488. The number of fused-ring (bicyclic) bond motifs is 1. The van der Waals surface area contributed by atoms with Crippen LogP contribution in [0.3, 0.4) is 0 Å². The van der Waals surface area contributed by atoms with E-state index in [-0.39, 0.29) is 0 Å². The number of halogens is 1. The molecule has 0 bridgehead atoms. The second-order valence-corrected chi connectivity index (χ2v) is 6.69. The third kappa shape index (κ3) is 2.96. The van der Waals surface area contributed by atoms with Crippen LogP contribution in [0.25, 0.3) is 16.9 Å². The fourth-order valence-corrected chi connectivity index (χ4v) is 3.48. The van der Waals surface area contributed by atoms with Gasteiger partial charge in [-0.15, -0.1) is 0 Å². The van der Waals surface area contributed by atoms with Crippen molar-refractivity contribution in [2.24, 2.45) is 0 Å². The minimum Gasteiger partial charge on any atom is -0.306 e. The first-order chi connectivity index (χ1) is 11.2. The summed E-state index contributed by atoms with van der Waals surface area (Å²) in [6.45, 7) is 2.37. The van der Waals surface area contributed by atoms with E-state index in [4.69, 9.17) is 11.6 Å². The molecule has 2 aromatic heterocycles. The number of piperidine rings is 1. The molecule has 4 nitrogen and oxygen atoms in total. The van der Waals surface area contributed by atoms with Crippen LogP contribution >= 0.6 is 11.6 Å². The van der Waals surface area contributed by atoms with Crippen molar-refractivity contribution in [1.82, 2.24) is 19.3 Å². The SMILES string of the molecule is CN1CCC(c2ccc(-c3cc4nc(Cl)cn4cn3)cc2)CC1. The molecule has 0 amide bonds. The van der Waals surface area contributed by atoms with Crippen LogP contribution in [0, 0.1) is 0 Å². The Labute approximate surface area is 140 Å². The summed E-state index contributed by atoms with van der Waals surface area (Å²) >= 11 is 5.94. The summed E-state index contributed by atoms with van der Waals surface area (Å²) in [7, 11) is 2.20. The van der Waals surface area contributed by atoms with Gasteiger partial charge in [0.05, 0.1) is 5.69 Å². The highest BCUT2D eigenvalue weighted by atomic mass is 35.5. The van der Waals surface area contributed by atoms with Gasteiger partial charge in [-0.1, -0.05) is 35.9 Å². The van der Waals surface area contributed by atoms with Gasteiger partial charge in [0, 0.05) is 17.8 Å². The van der Waals surface area contributed by atoms with Crippen molar-refractivity contribution in [3.63, 3.8) is 0 Å². The predicted octanol–water partition coefficient (Wildman–Crippen LogP) is 3.86. The van der Waals surface area contributed by atoms with Crippen molar-refractivity contribution >= 4 is 17.2 Å². The lowest BCUT2D eigenvalue weighted by atomic mass is 9.89. The van der Waals surface area contributed by atoms with E-state index in [2.05, 4.69) is 46.2 Å². The maximum atomic E-state index is 5.94. The lowest BCUT2D eigenvalue weighted by Crippen LogP contribution is -2.29. The zero-order valence-corrected chi connectivity index (χ0v) is 13.9. The van der Waals surface area contributed by atoms with E-state index in [0.29, 0.717) is 11.1 Å². The molecule has 118 valence electrons. The zero-order valence-electron chi connectivity index (χ0n) is 13.1. The molecule has 0 radical (unpaired) electrons. The Kier molecular flexibility index (Phi) is 3.79. The van der Waals surface area contributed by atoms with Gasteiger partial charge >= 0.3 is 0 Å². The number of benzene rings is 1. The summed E-state index contributed by atoms with van der Waals surface area (Å²) < 4.78 is 1.83. The molecule has 1 aliphatic rings. The van der Waals surface area contributed by atoms with E-state index in [1.54, 1.807) is 12.5 Å². The highest BCUT2D eigenvalue weighted by molar-refractivity contribution is 6.29. The third-order valence-electron chi connectivity index (χ3n) is 4.71. The summed E-state index contributed by atoms with van der Waals surface area (Å²) in [5.74, 6) is 0.682. The molecule has 5 heteroatoms. The second-order valence-electron chi connectivity index (χ2n) is 6.30. The Morgan fingerprint density at radius 1 is 1.13 bits per heavy atom. The zero-order chi connectivity index (χ0) is 15.8. The van der Waals surface area contributed by atoms with Crippen LogP contribution < -0.4 is 0 Å². The van der Waals surface area contributed by atoms with Crippen molar-refractivity contribution in [1.29, 1.82) is 0 Å². The Hall–Kier alpha value is -1.91. The highest BCUT2D eigenvalue weighted by Crippen LogP contribution is 2.29. The molecular weight excluding hydrogens is 308 g/mol. The Balaban J connectivity index is 1.59. The number of hydrogen-bond acceptors (Lipinski definition) is 3. The largest absolute Gasteiger partial charge is 0.306 e. The quantitative estimate of drug-likeness (QED) is 0.717. The van der Waals surface area contributed by atoms with Crippen LogP contribution in [-0.4, -0.2) is 39.4 Å². The molecule has 0 aliphatic carbocycles. The van der Waals surface area contributed by atoms with E-state index in [1.165, 1.54) is 31.5 Å². The van der Waals surface area contributed by atoms with Gasteiger partial charge in [0.15, 0.2) is 0 Å². The molecule has 3 aromatic rings. The standard InChI is InChI=1S/C18H19ClN4/c1-22-8-6-14(7-9-22)13-2-4-15(5-3-13)16-10-18-21-17(19)11-23(18)12-20-16/h2-5,10-12,14H,6-9H2,1H3. The molecule has 0 N–H and O–H groups in total. The van der Waals surface area contributed by atoms with Crippen LogP contribution in [0.2, 0.25) is 5.15 Å². The van der Waals surface area contributed by atoms with E-state index in [1.807, 2.05) is 10.5 Å². The average Bonchev–Trinajstić information content (AvgIpc) is 2.95. The molecule has 0 unspecified atom stereocenters. The lowest BCUT2D eigenvalue weighted by molar-refractivity contribution is 0.255. The van der Waals surface area contributed by atoms with Crippen molar-refractivity contribution in [2.75, 3.05) is 20.1 Å². The number of nitrogens with zero attached hydrogens (tertiary/aromatic N) is 4. The Morgan fingerprint density at radius 2 is 1.87 bits per heavy atom. The van der Waals surface area contributed by atoms with Crippen molar-refractivity contribution in [3.8, 4) is 11.3 Å². The number of likely N-dealkylation sites (tertiary alicyclic amines) is 1. The molecule has 1 saturated heterocycles. The number of aromatic nitrogens is 3. The first kappa shape index (κ1) is 14.7. The molecule has 0 spiro atoms. The fraction of sp³-hybridized carbons (Fsp3) is 0.333. The molecule has 1 fully saturated rings. The van der Waals surface area contributed by atoms with Gasteiger partial charge in [0.2, 0.25) is 0 Å². The first-order valence-electron chi connectivity index (χ1n) is 7.98. The molecular formula is C18H19ClN4.